The van der Waals surface area contributed by atoms with Crippen LogP contribution in [0.4, 0.5) is 0 Å². The molecule has 1 fully saturated rings. The number of rotatable bonds is 5. The summed E-state index contributed by atoms with van der Waals surface area (Å²) in [5.41, 5.74) is 0.777. The van der Waals surface area contributed by atoms with Crippen LogP contribution in [0.2, 0.25) is 0 Å². The van der Waals surface area contributed by atoms with Gasteiger partial charge >= 0.3 is 0 Å². The van der Waals surface area contributed by atoms with Crippen molar-refractivity contribution in [3.8, 4) is 17.1 Å². The number of carbonyl (C=O) groups excluding carboxylic acids is 1. The van der Waals surface area contributed by atoms with E-state index in [0.29, 0.717) is 36.3 Å². The second kappa shape index (κ2) is 6.87. The van der Waals surface area contributed by atoms with Crippen LogP contribution >= 0.6 is 0 Å². The highest BCUT2D eigenvalue weighted by Crippen LogP contribution is 2.31. The van der Waals surface area contributed by atoms with E-state index in [1.165, 1.54) is 6.08 Å². The molecule has 0 bridgehead atoms. The van der Waals surface area contributed by atoms with Gasteiger partial charge in [-0.25, -0.2) is 0 Å². The molecule has 1 saturated heterocycles. The van der Waals surface area contributed by atoms with Gasteiger partial charge in [0, 0.05) is 19.2 Å². The highest BCUT2D eigenvalue weighted by atomic mass is 16.5. The van der Waals surface area contributed by atoms with Gasteiger partial charge < -0.3 is 18.6 Å². The summed E-state index contributed by atoms with van der Waals surface area (Å²) in [7, 11) is 1.60. The Hall–Kier alpha value is -3.35. The third kappa shape index (κ3) is 3.11. The van der Waals surface area contributed by atoms with Crippen LogP contribution in [0, 0.1) is 0 Å². The third-order valence-electron chi connectivity index (χ3n) is 4.27. The van der Waals surface area contributed by atoms with Crippen LogP contribution < -0.4 is 4.74 Å². The van der Waals surface area contributed by atoms with E-state index in [9.17, 15) is 4.79 Å². The van der Waals surface area contributed by atoms with Crippen molar-refractivity contribution >= 4 is 12.0 Å². The standard InChI is InChI=1S/C19H17N3O4/c1-24-16-7-3-2-6-15(16)18-20-19(26-21-18)13-11-22(12-13)17(23)9-8-14-5-4-10-25-14/h2-10,13H,11-12H2,1H3/b9-8+. The maximum absolute atomic E-state index is 12.1. The predicted octanol–water partition coefficient (Wildman–Crippen LogP) is 2.98. The van der Waals surface area contributed by atoms with E-state index in [1.54, 1.807) is 36.5 Å². The van der Waals surface area contributed by atoms with E-state index in [0.717, 1.165) is 5.56 Å². The van der Waals surface area contributed by atoms with Crippen LogP contribution in [-0.2, 0) is 4.79 Å². The molecule has 0 radical (unpaired) electrons. The zero-order valence-corrected chi connectivity index (χ0v) is 14.2. The Morgan fingerprint density at radius 3 is 2.88 bits per heavy atom. The molecule has 0 unspecified atom stereocenters. The van der Waals surface area contributed by atoms with Crippen molar-refractivity contribution in [1.29, 1.82) is 0 Å². The van der Waals surface area contributed by atoms with Crippen molar-refractivity contribution in [3.63, 3.8) is 0 Å². The molecule has 0 N–H and O–H groups in total. The van der Waals surface area contributed by atoms with Gasteiger partial charge in [0.25, 0.3) is 0 Å². The minimum absolute atomic E-state index is 0.0481. The number of benzene rings is 1. The number of amides is 1. The normalized spacial score (nSPS) is 14.6. The van der Waals surface area contributed by atoms with Gasteiger partial charge in [0.15, 0.2) is 0 Å². The lowest BCUT2D eigenvalue weighted by molar-refractivity contribution is -0.130. The first-order valence-corrected chi connectivity index (χ1v) is 8.22. The molecule has 26 heavy (non-hydrogen) atoms. The van der Waals surface area contributed by atoms with Gasteiger partial charge in [0.1, 0.15) is 11.5 Å². The SMILES string of the molecule is COc1ccccc1-c1noc(C2CN(C(=O)/C=C/c3ccco3)C2)n1. The van der Waals surface area contributed by atoms with Gasteiger partial charge in [0.05, 0.1) is 24.9 Å². The van der Waals surface area contributed by atoms with Crippen LogP contribution in [-0.4, -0.2) is 41.1 Å². The Bertz CT molecular complexity index is 924. The van der Waals surface area contributed by atoms with E-state index in [4.69, 9.17) is 13.7 Å². The second-order valence-electron chi connectivity index (χ2n) is 5.95. The summed E-state index contributed by atoms with van der Waals surface area (Å²) in [6.07, 6.45) is 4.73. The van der Waals surface area contributed by atoms with Gasteiger partial charge in [0.2, 0.25) is 17.6 Å². The molecular formula is C19H17N3O4. The summed E-state index contributed by atoms with van der Waals surface area (Å²) in [6.45, 7) is 1.10. The molecule has 0 saturated carbocycles. The summed E-state index contributed by atoms with van der Waals surface area (Å²) in [4.78, 5) is 18.3. The minimum Gasteiger partial charge on any atom is -0.496 e. The molecule has 132 valence electrons. The van der Waals surface area contributed by atoms with Gasteiger partial charge in [-0.15, -0.1) is 0 Å². The summed E-state index contributed by atoms with van der Waals surface area (Å²) in [5, 5.41) is 4.04. The molecule has 1 aliphatic heterocycles. The van der Waals surface area contributed by atoms with Crippen molar-refractivity contribution in [1.82, 2.24) is 15.0 Å². The van der Waals surface area contributed by atoms with Crippen LogP contribution in [0.3, 0.4) is 0 Å². The smallest absolute Gasteiger partial charge is 0.246 e. The molecular weight excluding hydrogens is 334 g/mol. The molecule has 1 amide bonds. The number of aromatic nitrogens is 2. The first kappa shape index (κ1) is 16.1. The summed E-state index contributed by atoms with van der Waals surface area (Å²) in [5.74, 6) is 2.33. The molecule has 4 rings (SSSR count). The molecule has 7 heteroatoms. The summed E-state index contributed by atoms with van der Waals surface area (Å²) >= 11 is 0. The molecule has 2 aromatic heterocycles. The molecule has 3 aromatic rings. The lowest BCUT2D eigenvalue weighted by atomic mass is 10.00. The molecule has 1 aromatic carbocycles. The van der Waals surface area contributed by atoms with Crippen LogP contribution in [0.5, 0.6) is 5.75 Å². The van der Waals surface area contributed by atoms with Gasteiger partial charge in [-0.2, -0.15) is 4.98 Å². The predicted molar refractivity (Wildman–Crippen MR) is 93.3 cm³/mol. The fourth-order valence-corrected chi connectivity index (χ4v) is 2.80. The Morgan fingerprint density at radius 1 is 1.27 bits per heavy atom. The average molecular weight is 351 g/mol. The first-order valence-electron chi connectivity index (χ1n) is 8.22. The largest absolute Gasteiger partial charge is 0.496 e. The number of furan rings is 1. The van der Waals surface area contributed by atoms with E-state index >= 15 is 0 Å². The molecule has 0 atom stereocenters. The van der Waals surface area contributed by atoms with Crippen LogP contribution in [0.1, 0.15) is 17.6 Å². The Labute approximate surface area is 149 Å². The van der Waals surface area contributed by atoms with Crippen molar-refractivity contribution in [2.24, 2.45) is 0 Å². The van der Waals surface area contributed by atoms with Crippen LogP contribution in [0.15, 0.2) is 57.7 Å². The number of para-hydroxylation sites is 1. The van der Waals surface area contributed by atoms with E-state index in [1.807, 2.05) is 24.3 Å². The minimum atomic E-state index is -0.0675. The van der Waals surface area contributed by atoms with Crippen molar-refractivity contribution < 1.29 is 18.5 Å². The molecule has 0 aliphatic carbocycles. The summed E-state index contributed by atoms with van der Waals surface area (Å²) < 4.78 is 15.9. The van der Waals surface area contributed by atoms with E-state index in [-0.39, 0.29) is 11.8 Å². The third-order valence-corrected chi connectivity index (χ3v) is 4.27. The number of hydrogen-bond donors (Lipinski definition) is 0. The zero-order valence-electron chi connectivity index (χ0n) is 14.2. The number of likely N-dealkylation sites (tertiary alicyclic amines) is 1. The fraction of sp³-hybridized carbons (Fsp3) is 0.211. The Morgan fingerprint density at radius 2 is 2.12 bits per heavy atom. The topological polar surface area (TPSA) is 81.6 Å². The second-order valence-corrected chi connectivity index (χ2v) is 5.95. The number of carbonyl (C=O) groups is 1. The maximum Gasteiger partial charge on any atom is 0.246 e. The van der Waals surface area contributed by atoms with Crippen molar-refractivity contribution in [2.75, 3.05) is 20.2 Å². The summed E-state index contributed by atoms with van der Waals surface area (Å²) in [6, 6.07) is 11.1. The lowest BCUT2D eigenvalue weighted by Gasteiger charge is -2.36. The highest BCUT2D eigenvalue weighted by molar-refractivity contribution is 5.92. The number of methoxy groups -OCH3 is 1. The number of hydrogen-bond acceptors (Lipinski definition) is 6. The van der Waals surface area contributed by atoms with E-state index in [2.05, 4.69) is 10.1 Å². The van der Waals surface area contributed by atoms with Crippen LogP contribution in [0.25, 0.3) is 17.5 Å². The van der Waals surface area contributed by atoms with Gasteiger partial charge in [-0.3, -0.25) is 4.79 Å². The monoisotopic (exact) mass is 351 g/mol. The zero-order chi connectivity index (χ0) is 17.9. The average Bonchev–Trinajstić information content (AvgIpc) is 3.31. The fourth-order valence-electron chi connectivity index (χ4n) is 2.80. The van der Waals surface area contributed by atoms with E-state index < -0.39 is 0 Å². The van der Waals surface area contributed by atoms with Crippen molar-refractivity contribution in [2.45, 2.75) is 5.92 Å². The van der Waals surface area contributed by atoms with Gasteiger partial charge in [-0.1, -0.05) is 17.3 Å². The lowest BCUT2D eigenvalue weighted by Crippen LogP contribution is -2.47. The first-order chi connectivity index (χ1) is 12.7. The number of ether oxygens (including phenoxy) is 1. The highest BCUT2D eigenvalue weighted by Gasteiger charge is 2.35. The van der Waals surface area contributed by atoms with Gasteiger partial charge in [-0.05, 0) is 30.3 Å². The molecule has 7 nitrogen and oxygen atoms in total. The van der Waals surface area contributed by atoms with Crippen molar-refractivity contribution in [3.05, 3.63) is 60.4 Å². The molecule has 0 spiro atoms. The molecule has 1 aliphatic rings. The number of nitrogens with zero attached hydrogens (tertiary/aromatic N) is 3. The Balaban J connectivity index is 1.39. The quantitative estimate of drug-likeness (QED) is 0.657. The molecule has 3 heterocycles. The Kier molecular flexibility index (Phi) is 4.27. The maximum atomic E-state index is 12.1.